The van der Waals surface area contributed by atoms with Gasteiger partial charge in [-0.05, 0) is 66.9 Å². The number of unbranched alkanes of at least 4 members (excludes halogenated alkanes) is 2. The summed E-state index contributed by atoms with van der Waals surface area (Å²) in [4.78, 5) is 0. The van der Waals surface area contributed by atoms with Crippen LogP contribution in [0.4, 0.5) is 43.9 Å². The minimum atomic E-state index is -4.67. The Balaban J connectivity index is 1.43. The number of rotatable bonds is 8. The Kier molecular flexibility index (Phi) is 10.2. The van der Waals surface area contributed by atoms with Crippen LogP contribution in [-0.2, 0) is 4.74 Å². The van der Waals surface area contributed by atoms with Gasteiger partial charge in [-0.15, -0.1) is 0 Å². The molecule has 0 aliphatic heterocycles. The quantitative estimate of drug-likeness (QED) is 0.150. The monoisotopic (exact) mass is 618 g/mol. The Labute approximate surface area is 242 Å². The van der Waals surface area contributed by atoms with Crippen LogP contribution < -0.4 is 0 Å². The van der Waals surface area contributed by atoms with Gasteiger partial charge >= 0.3 is 6.11 Å². The van der Waals surface area contributed by atoms with Crippen molar-refractivity contribution in [3.8, 4) is 11.8 Å². The minimum Gasteiger partial charge on any atom is -0.432 e. The first-order valence-corrected chi connectivity index (χ1v) is 13.8. The van der Waals surface area contributed by atoms with E-state index >= 15 is 0 Å². The lowest BCUT2D eigenvalue weighted by molar-refractivity contribution is -0.250. The first-order valence-electron chi connectivity index (χ1n) is 13.8. The van der Waals surface area contributed by atoms with Gasteiger partial charge in [-0.1, -0.05) is 37.7 Å². The van der Waals surface area contributed by atoms with E-state index in [2.05, 4.69) is 16.6 Å². The van der Waals surface area contributed by atoms with Crippen LogP contribution in [0.3, 0.4) is 0 Å². The lowest BCUT2D eigenvalue weighted by Gasteiger charge is -2.30. The third-order valence-corrected chi connectivity index (χ3v) is 7.40. The molecule has 0 fully saturated rings. The Morgan fingerprint density at radius 2 is 1.56 bits per heavy atom. The summed E-state index contributed by atoms with van der Waals surface area (Å²) in [5.41, 5.74) is 0.407. The van der Waals surface area contributed by atoms with Crippen molar-refractivity contribution in [1.29, 1.82) is 0 Å². The van der Waals surface area contributed by atoms with Crippen LogP contribution in [0.1, 0.15) is 39.0 Å². The summed E-state index contributed by atoms with van der Waals surface area (Å²) in [6.45, 7) is 2.05. The van der Waals surface area contributed by atoms with Crippen molar-refractivity contribution in [2.24, 2.45) is 17.8 Å². The normalized spacial score (nSPS) is 31.2. The van der Waals surface area contributed by atoms with E-state index in [0.717, 1.165) is 37.0 Å². The largest absolute Gasteiger partial charge is 0.432 e. The first-order chi connectivity index (χ1) is 20.3. The maximum Gasteiger partial charge on any atom is 0.410 e. The molecular weight excluding hydrogens is 590 g/mol. The van der Waals surface area contributed by atoms with Gasteiger partial charge in [-0.3, -0.25) is 0 Å². The molecule has 0 radical (unpaired) electrons. The zero-order valence-electron chi connectivity index (χ0n) is 22.9. The van der Waals surface area contributed by atoms with Crippen LogP contribution in [0, 0.1) is 29.6 Å². The van der Waals surface area contributed by atoms with Crippen LogP contribution in [0.25, 0.3) is 0 Å². The van der Waals surface area contributed by atoms with E-state index in [9.17, 15) is 43.9 Å². The van der Waals surface area contributed by atoms with Gasteiger partial charge in [0.15, 0.2) is 12.3 Å². The molecule has 43 heavy (non-hydrogen) atoms. The molecule has 0 heterocycles. The van der Waals surface area contributed by atoms with E-state index < -0.39 is 83.2 Å². The third kappa shape index (κ3) is 7.57. The number of hydrogen-bond acceptors (Lipinski definition) is 1. The summed E-state index contributed by atoms with van der Waals surface area (Å²) in [6.07, 6.45) is -4.57. The fourth-order valence-corrected chi connectivity index (χ4v) is 5.09. The summed E-state index contributed by atoms with van der Waals surface area (Å²) in [7, 11) is 0. The SMILES string of the molecule is CCCCCC1=CCC(C2=CC(F)C(C#CC3=CC(F)C(C(F)(F)OC4=CC(F)C(F)C(F)=C4)C(F)=C3)C(F)=C2)C(F)=C1. The van der Waals surface area contributed by atoms with Gasteiger partial charge in [-0.25, -0.2) is 35.1 Å². The lowest BCUT2D eigenvalue weighted by atomic mass is 9.82. The minimum absolute atomic E-state index is 0.0845. The van der Waals surface area contributed by atoms with Gasteiger partial charge in [-0.2, -0.15) is 8.78 Å². The molecule has 0 amide bonds. The molecule has 0 spiro atoms. The highest BCUT2D eigenvalue weighted by Gasteiger charge is 2.51. The van der Waals surface area contributed by atoms with E-state index in [4.69, 9.17) is 0 Å². The zero-order valence-corrected chi connectivity index (χ0v) is 22.9. The van der Waals surface area contributed by atoms with Crippen molar-refractivity contribution in [1.82, 2.24) is 0 Å². The number of ether oxygens (including phenoxy) is 1. The van der Waals surface area contributed by atoms with E-state index in [1.165, 1.54) is 6.08 Å². The lowest BCUT2D eigenvalue weighted by Crippen LogP contribution is -2.39. The molecule has 7 unspecified atom stereocenters. The van der Waals surface area contributed by atoms with Crippen molar-refractivity contribution < 1.29 is 48.6 Å². The molecule has 4 rings (SSSR count). The molecule has 0 saturated heterocycles. The maximum absolute atomic E-state index is 14.9. The van der Waals surface area contributed by atoms with Crippen molar-refractivity contribution >= 4 is 0 Å². The number of hydrogen-bond donors (Lipinski definition) is 0. The average Bonchev–Trinajstić information content (AvgIpc) is 2.90. The standard InChI is InChI=1S/C32H28F10O/c1-2-3-4-5-17-6-8-21(23(33)10-17)19-13-24(34)22(25(35)14-19)9-7-18-11-26(36)30(27(37)12-18)32(41,42)43-20-15-28(38)31(40)29(39)16-20/h6,10-16,21-22,24,26,28,30-31H,2-5,8H2,1H3. The molecule has 0 aromatic heterocycles. The number of allylic oxidation sites excluding steroid dienone is 14. The average molecular weight is 619 g/mol. The predicted molar refractivity (Wildman–Crippen MR) is 142 cm³/mol. The summed E-state index contributed by atoms with van der Waals surface area (Å²) in [6, 6.07) is 0. The van der Waals surface area contributed by atoms with Crippen LogP contribution in [0.5, 0.6) is 0 Å². The summed E-state index contributed by atoms with van der Waals surface area (Å²) in [5.74, 6) is -7.29. The van der Waals surface area contributed by atoms with Gasteiger partial charge in [0.05, 0.1) is 0 Å². The molecule has 0 saturated carbocycles. The maximum atomic E-state index is 14.9. The molecule has 232 valence electrons. The molecular formula is C32H28F10O. The van der Waals surface area contributed by atoms with E-state index in [0.29, 0.717) is 18.6 Å². The number of halogens is 10. The van der Waals surface area contributed by atoms with Crippen molar-refractivity contribution in [2.75, 3.05) is 0 Å². The summed E-state index contributed by atoms with van der Waals surface area (Å²) in [5, 5.41) is 0. The second-order valence-corrected chi connectivity index (χ2v) is 10.6. The second kappa shape index (κ2) is 13.5. The van der Waals surface area contributed by atoms with Crippen LogP contribution in [-0.4, -0.2) is 30.8 Å². The molecule has 0 aromatic carbocycles. The highest BCUT2D eigenvalue weighted by molar-refractivity contribution is 5.47. The fourth-order valence-electron chi connectivity index (χ4n) is 5.09. The first kappa shape index (κ1) is 32.5. The molecule has 11 heteroatoms. The molecule has 1 nitrogen and oxygen atoms in total. The van der Waals surface area contributed by atoms with E-state index in [1.807, 2.05) is 13.0 Å². The molecule has 0 aromatic rings. The van der Waals surface area contributed by atoms with Gasteiger partial charge < -0.3 is 4.74 Å². The molecule has 4 aliphatic carbocycles. The third-order valence-electron chi connectivity index (χ3n) is 7.40. The zero-order chi connectivity index (χ0) is 31.5. The van der Waals surface area contributed by atoms with Gasteiger partial charge in [0, 0.05) is 17.6 Å². The smallest absolute Gasteiger partial charge is 0.410 e. The summed E-state index contributed by atoms with van der Waals surface area (Å²) >= 11 is 0. The van der Waals surface area contributed by atoms with Crippen LogP contribution in [0.2, 0.25) is 0 Å². The topological polar surface area (TPSA) is 9.23 Å². The predicted octanol–water partition coefficient (Wildman–Crippen LogP) is 9.90. The van der Waals surface area contributed by atoms with E-state index in [-0.39, 0.29) is 24.1 Å². The molecule has 0 bridgehead atoms. The van der Waals surface area contributed by atoms with Crippen LogP contribution in [0.15, 0.2) is 94.4 Å². The highest BCUT2D eigenvalue weighted by atomic mass is 19.3. The fraction of sp³-hybridized carbons (Fsp3) is 0.438. The Hall–Kier alpha value is -3.42. The van der Waals surface area contributed by atoms with Gasteiger partial charge in [0.2, 0.25) is 0 Å². The van der Waals surface area contributed by atoms with Gasteiger partial charge in [0.1, 0.15) is 53.2 Å². The Morgan fingerprint density at radius 1 is 0.814 bits per heavy atom. The van der Waals surface area contributed by atoms with Crippen molar-refractivity contribution in [3.05, 3.63) is 94.4 Å². The van der Waals surface area contributed by atoms with Crippen molar-refractivity contribution in [3.63, 3.8) is 0 Å². The summed E-state index contributed by atoms with van der Waals surface area (Å²) < 4.78 is 147. The second-order valence-electron chi connectivity index (χ2n) is 10.6. The number of alkyl halides is 6. The Morgan fingerprint density at radius 3 is 2.19 bits per heavy atom. The Bertz CT molecular complexity index is 1400. The molecule has 0 N–H and O–H groups in total. The van der Waals surface area contributed by atoms with Crippen LogP contribution >= 0.6 is 0 Å². The molecule has 7 atom stereocenters. The van der Waals surface area contributed by atoms with Gasteiger partial charge in [0.25, 0.3) is 0 Å². The van der Waals surface area contributed by atoms with E-state index in [1.54, 1.807) is 0 Å². The molecule has 4 aliphatic rings. The highest BCUT2D eigenvalue weighted by Crippen LogP contribution is 2.43. The van der Waals surface area contributed by atoms with Crippen molar-refractivity contribution in [2.45, 2.75) is 69.8 Å².